The number of methoxy groups -OCH3 is 1. The second kappa shape index (κ2) is 11.4. The van der Waals surface area contributed by atoms with Crippen LogP contribution >= 0.6 is 0 Å². The van der Waals surface area contributed by atoms with Crippen LogP contribution in [0, 0.1) is 5.41 Å². The Morgan fingerprint density at radius 1 is 1.41 bits per heavy atom. The van der Waals surface area contributed by atoms with Crippen LogP contribution in [0.4, 0.5) is 0 Å². The molecule has 0 radical (unpaired) electrons. The number of aliphatic hydroxyl groups is 1. The van der Waals surface area contributed by atoms with E-state index in [1.54, 1.807) is 12.3 Å². The molecular formula is C29H42N4O4. The lowest BCUT2D eigenvalue weighted by Gasteiger charge is -2.49. The van der Waals surface area contributed by atoms with E-state index >= 15 is 0 Å². The number of nitrogens with zero attached hydrogens (tertiary/aromatic N) is 2. The van der Waals surface area contributed by atoms with Gasteiger partial charge in [-0.25, -0.2) is 4.98 Å². The van der Waals surface area contributed by atoms with Crippen molar-refractivity contribution in [3.05, 3.63) is 54.6 Å². The summed E-state index contributed by atoms with van der Waals surface area (Å²) in [4.78, 5) is 16.4. The fourth-order valence-corrected chi connectivity index (χ4v) is 5.45. The van der Waals surface area contributed by atoms with Crippen molar-refractivity contribution < 1.29 is 19.4 Å². The summed E-state index contributed by atoms with van der Waals surface area (Å²) in [5.74, 6) is 0.639. The topological polar surface area (TPSA) is 97.6 Å². The highest BCUT2D eigenvalue weighted by Crippen LogP contribution is 2.51. The van der Waals surface area contributed by atoms with Gasteiger partial charge in [0, 0.05) is 44.1 Å². The van der Waals surface area contributed by atoms with Gasteiger partial charge >= 0.3 is 0 Å². The molecule has 0 unspecified atom stereocenters. The van der Waals surface area contributed by atoms with Gasteiger partial charge in [-0.15, -0.1) is 6.58 Å². The maximum absolute atomic E-state index is 12.1. The first-order chi connectivity index (χ1) is 17.6. The highest BCUT2D eigenvalue weighted by atomic mass is 16.5. The third-order valence-electron chi connectivity index (χ3n) is 7.29. The van der Waals surface area contributed by atoms with Gasteiger partial charge in [-0.2, -0.15) is 0 Å². The van der Waals surface area contributed by atoms with Crippen molar-refractivity contribution in [2.45, 2.75) is 83.1 Å². The molecule has 1 aromatic heterocycles. The third-order valence-corrected chi connectivity index (χ3v) is 7.29. The number of hydrogen-bond acceptors (Lipinski definition) is 6. The first-order valence-corrected chi connectivity index (χ1v) is 13.3. The van der Waals surface area contributed by atoms with Crippen molar-refractivity contribution >= 4 is 5.91 Å². The maximum Gasteiger partial charge on any atom is 0.246 e. The number of aromatic nitrogens is 2. The zero-order valence-corrected chi connectivity index (χ0v) is 22.6. The second-order valence-corrected chi connectivity index (χ2v) is 11.7. The molecule has 1 spiro atoms. The molecule has 37 heavy (non-hydrogen) atoms. The summed E-state index contributed by atoms with van der Waals surface area (Å²) in [6, 6.07) is 4.05. The average molecular weight is 511 g/mol. The summed E-state index contributed by atoms with van der Waals surface area (Å²) in [6.07, 6.45) is 11.9. The van der Waals surface area contributed by atoms with E-state index in [9.17, 15) is 9.90 Å². The van der Waals surface area contributed by atoms with Gasteiger partial charge in [-0.1, -0.05) is 32.9 Å². The van der Waals surface area contributed by atoms with Gasteiger partial charge in [0.1, 0.15) is 18.0 Å². The molecule has 202 valence electrons. The van der Waals surface area contributed by atoms with Crippen LogP contribution in [-0.4, -0.2) is 58.6 Å². The van der Waals surface area contributed by atoms with E-state index in [1.807, 2.05) is 17.1 Å². The largest absolute Gasteiger partial charge is 0.485 e. The van der Waals surface area contributed by atoms with Crippen LogP contribution in [0.3, 0.4) is 0 Å². The summed E-state index contributed by atoms with van der Waals surface area (Å²) in [5.41, 5.74) is 3.29. The average Bonchev–Trinajstić information content (AvgIpc) is 3.34. The monoisotopic (exact) mass is 510 g/mol. The van der Waals surface area contributed by atoms with Gasteiger partial charge in [0.2, 0.25) is 5.91 Å². The van der Waals surface area contributed by atoms with Crippen molar-refractivity contribution in [2.24, 2.45) is 5.41 Å². The fourth-order valence-electron chi connectivity index (χ4n) is 5.45. The molecule has 0 bridgehead atoms. The summed E-state index contributed by atoms with van der Waals surface area (Å²) in [7, 11) is 1.48. The minimum Gasteiger partial charge on any atom is -0.485 e. The second-order valence-electron chi connectivity index (χ2n) is 11.7. The molecule has 8 heteroatoms. The smallest absolute Gasteiger partial charge is 0.246 e. The minimum atomic E-state index is -0.784. The lowest BCUT2D eigenvalue weighted by Crippen LogP contribution is -2.52. The van der Waals surface area contributed by atoms with Crippen LogP contribution in [0.2, 0.25) is 0 Å². The summed E-state index contributed by atoms with van der Waals surface area (Å²) in [5, 5.41) is 17.5. The van der Waals surface area contributed by atoms with Gasteiger partial charge < -0.3 is 29.8 Å². The molecule has 2 aromatic rings. The summed E-state index contributed by atoms with van der Waals surface area (Å²) >= 11 is 0. The fraction of sp³-hybridized carbons (Fsp3) is 0.586. The molecule has 3 N–H and O–H groups in total. The summed E-state index contributed by atoms with van der Waals surface area (Å²) < 4.78 is 13.7. The first-order valence-electron chi connectivity index (χ1n) is 13.3. The molecule has 2 aliphatic rings. The highest BCUT2D eigenvalue weighted by molar-refractivity contribution is 5.77. The molecule has 3 atom stereocenters. The Morgan fingerprint density at radius 3 is 2.78 bits per heavy atom. The lowest BCUT2D eigenvalue weighted by molar-refractivity contribution is -0.126. The van der Waals surface area contributed by atoms with Crippen LogP contribution in [0.25, 0.3) is 5.69 Å². The number of fused-ring (bicyclic) bond motifs is 1. The molecule has 1 aliphatic carbocycles. The zero-order valence-electron chi connectivity index (χ0n) is 22.6. The minimum absolute atomic E-state index is 0.0138. The van der Waals surface area contributed by atoms with Crippen molar-refractivity contribution in [3.63, 3.8) is 0 Å². The number of ether oxygens (including phenoxy) is 2. The SMILES string of the molecule is C=CC[C@H](NC(=O)COC)[C@H](O)CN[C@H]1CC2(CCC2)Oc2c1cc(CC(C)(C)C)cc2-n1ccnc1. The van der Waals surface area contributed by atoms with Gasteiger partial charge in [0.25, 0.3) is 0 Å². The van der Waals surface area contributed by atoms with Crippen LogP contribution in [0.15, 0.2) is 43.5 Å². The molecule has 4 rings (SSSR count). The maximum atomic E-state index is 12.1. The van der Waals surface area contributed by atoms with Crippen LogP contribution in [0.5, 0.6) is 5.75 Å². The predicted molar refractivity (Wildman–Crippen MR) is 144 cm³/mol. The van der Waals surface area contributed by atoms with Gasteiger partial charge in [-0.3, -0.25) is 4.79 Å². The number of carbonyl (C=O) groups is 1. The Morgan fingerprint density at radius 2 is 2.19 bits per heavy atom. The molecule has 0 saturated heterocycles. The van der Waals surface area contributed by atoms with Crippen LogP contribution in [0.1, 0.15) is 70.0 Å². The molecule has 8 nitrogen and oxygen atoms in total. The van der Waals surface area contributed by atoms with Crippen molar-refractivity contribution in [1.29, 1.82) is 0 Å². The Bertz CT molecular complexity index is 1070. The van der Waals surface area contributed by atoms with E-state index in [2.05, 4.69) is 55.1 Å². The number of hydrogen-bond donors (Lipinski definition) is 3. The van der Waals surface area contributed by atoms with E-state index in [0.717, 1.165) is 49.1 Å². The Balaban J connectivity index is 1.63. The number of aliphatic hydroxyl groups excluding tert-OH is 1. The number of imidazole rings is 1. The molecule has 1 saturated carbocycles. The van der Waals surface area contributed by atoms with Crippen molar-refractivity contribution in [2.75, 3.05) is 20.3 Å². The van der Waals surface area contributed by atoms with Crippen molar-refractivity contribution in [3.8, 4) is 11.4 Å². The normalized spacial score (nSPS) is 19.9. The molecular weight excluding hydrogens is 468 g/mol. The quantitative estimate of drug-likeness (QED) is 0.397. The Kier molecular flexibility index (Phi) is 8.41. The molecule has 1 fully saturated rings. The first kappa shape index (κ1) is 27.4. The van der Waals surface area contributed by atoms with E-state index in [-0.39, 0.29) is 29.6 Å². The molecule has 2 heterocycles. The lowest BCUT2D eigenvalue weighted by atomic mass is 9.72. The van der Waals surface area contributed by atoms with Gasteiger partial charge in [-0.05, 0) is 49.1 Å². The van der Waals surface area contributed by atoms with E-state index in [4.69, 9.17) is 9.47 Å². The Hall–Kier alpha value is -2.68. The van der Waals surface area contributed by atoms with E-state index in [1.165, 1.54) is 12.7 Å². The Labute approximate surface area is 220 Å². The predicted octanol–water partition coefficient (Wildman–Crippen LogP) is 3.87. The van der Waals surface area contributed by atoms with Crippen LogP contribution in [-0.2, 0) is 16.0 Å². The molecule has 1 amide bonds. The molecule has 1 aromatic carbocycles. The van der Waals surface area contributed by atoms with Crippen molar-refractivity contribution in [1.82, 2.24) is 20.2 Å². The highest BCUT2D eigenvalue weighted by Gasteiger charge is 2.46. The van der Waals surface area contributed by atoms with E-state index < -0.39 is 12.1 Å². The zero-order chi connectivity index (χ0) is 26.6. The van der Waals surface area contributed by atoms with Crippen LogP contribution < -0.4 is 15.4 Å². The molecule has 1 aliphatic heterocycles. The number of nitrogens with one attached hydrogen (secondary N) is 2. The summed E-state index contributed by atoms with van der Waals surface area (Å²) in [6.45, 7) is 10.8. The third kappa shape index (κ3) is 6.61. The van der Waals surface area contributed by atoms with E-state index in [0.29, 0.717) is 13.0 Å². The number of rotatable bonds is 11. The van der Waals surface area contributed by atoms with Gasteiger partial charge in [0.15, 0.2) is 0 Å². The number of amides is 1. The number of benzene rings is 1. The van der Waals surface area contributed by atoms with Gasteiger partial charge in [0.05, 0.1) is 24.2 Å². The number of carbonyl (C=O) groups excluding carboxylic acids is 1. The standard InChI is InChI=1S/C29H42N4O4/c1-6-8-22(32-26(35)18-36-5)25(34)17-31-23-16-29(9-7-10-29)37-27-21(23)13-20(15-28(2,3)4)14-24(27)33-12-11-30-19-33/h6,11-14,19,22-23,25,31,34H,1,7-10,15-18H2,2-5H3,(H,32,35)/t22-,23-,25+/m0/s1.